The van der Waals surface area contributed by atoms with Crippen molar-refractivity contribution in [3.05, 3.63) is 53.8 Å². The summed E-state index contributed by atoms with van der Waals surface area (Å²) in [5.74, 6) is -0.382. The average Bonchev–Trinajstić information content (AvgIpc) is 2.42. The largest absolute Gasteiger partial charge is 0.395 e. The molecule has 0 radical (unpaired) electrons. The molecule has 0 aliphatic carbocycles. The molecule has 2 nitrogen and oxygen atoms in total. The lowest BCUT2D eigenvalue weighted by Gasteiger charge is -2.21. The van der Waals surface area contributed by atoms with E-state index in [0.717, 1.165) is 18.5 Å². The number of hydrogen-bond acceptors (Lipinski definition) is 2. The number of hydrogen-bond donors (Lipinski definition) is 1. The molecule has 0 aliphatic heterocycles. The molecular formula is C16H19FN2. The second-order valence-electron chi connectivity index (χ2n) is 4.65. The second kappa shape index (κ2) is 5.74. The molecule has 0 amide bonds. The van der Waals surface area contributed by atoms with Crippen LogP contribution in [0.3, 0.4) is 0 Å². The topological polar surface area (TPSA) is 29.3 Å². The van der Waals surface area contributed by atoms with Gasteiger partial charge in [-0.1, -0.05) is 31.5 Å². The van der Waals surface area contributed by atoms with Crippen LogP contribution in [0.4, 0.5) is 21.5 Å². The van der Waals surface area contributed by atoms with Gasteiger partial charge in [0.1, 0.15) is 5.82 Å². The lowest BCUT2D eigenvalue weighted by atomic mass is 10.1. The van der Waals surface area contributed by atoms with Gasteiger partial charge in [0.05, 0.1) is 11.4 Å². The SMILES string of the molecule is CCCc1ccc(N(C)c2cccc(F)c2N)cc1. The van der Waals surface area contributed by atoms with Crippen molar-refractivity contribution in [3.63, 3.8) is 0 Å². The first-order chi connectivity index (χ1) is 9.13. The molecule has 2 aromatic rings. The Kier molecular flexibility index (Phi) is 4.05. The van der Waals surface area contributed by atoms with Crippen LogP contribution in [0, 0.1) is 5.82 Å². The van der Waals surface area contributed by atoms with Crippen LogP contribution in [0.1, 0.15) is 18.9 Å². The number of nitrogen functional groups attached to an aromatic ring is 1. The van der Waals surface area contributed by atoms with Crippen molar-refractivity contribution in [2.24, 2.45) is 0 Å². The van der Waals surface area contributed by atoms with Gasteiger partial charge < -0.3 is 10.6 Å². The summed E-state index contributed by atoms with van der Waals surface area (Å²) in [4.78, 5) is 1.90. The highest BCUT2D eigenvalue weighted by molar-refractivity contribution is 5.74. The van der Waals surface area contributed by atoms with E-state index in [1.54, 1.807) is 6.07 Å². The molecule has 2 aromatic carbocycles. The van der Waals surface area contributed by atoms with Gasteiger partial charge in [-0.2, -0.15) is 0 Å². The van der Waals surface area contributed by atoms with Gasteiger partial charge >= 0.3 is 0 Å². The zero-order valence-corrected chi connectivity index (χ0v) is 11.4. The first-order valence-corrected chi connectivity index (χ1v) is 6.50. The van der Waals surface area contributed by atoms with Gasteiger partial charge in [0.25, 0.3) is 0 Å². The maximum absolute atomic E-state index is 13.5. The van der Waals surface area contributed by atoms with Gasteiger partial charge in [0, 0.05) is 12.7 Å². The van der Waals surface area contributed by atoms with E-state index in [0.29, 0.717) is 5.69 Å². The second-order valence-corrected chi connectivity index (χ2v) is 4.65. The lowest BCUT2D eigenvalue weighted by Crippen LogP contribution is -2.12. The molecule has 0 aromatic heterocycles. The van der Waals surface area contributed by atoms with E-state index < -0.39 is 0 Å². The Morgan fingerprint density at radius 1 is 1.11 bits per heavy atom. The molecule has 2 rings (SSSR count). The third kappa shape index (κ3) is 2.87. The number of halogens is 1. The molecule has 0 unspecified atom stereocenters. The van der Waals surface area contributed by atoms with E-state index >= 15 is 0 Å². The Hall–Kier alpha value is -2.03. The minimum atomic E-state index is -0.382. The standard InChI is InChI=1S/C16H19FN2/c1-3-5-12-8-10-13(11-9-12)19(2)15-7-4-6-14(17)16(15)18/h4,6-11H,3,5,18H2,1-2H3. The van der Waals surface area contributed by atoms with Crippen LogP contribution >= 0.6 is 0 Å². The number of benzene rings is 2. The normalized spacial score (nSPS) is 10.5. The summed E-state index contributed by atoms with van der Waals surface area (Å²) in [6, 6.07) is 13.1. The lowest BCUT2D eigenvalue weighted by molar-refractivity contribution is 0.632. The van der Waals surface area contributed by atoms with Crippen molar-refractivity contribution >= 4 is 17.1 Å². The van der Waals surface area contributed by atoms with Gasteiger partial charge in [-0.3, -0.25) is 0 Å². The number of anilines is 3. The van der Waals surface area contributed by atoms with Crippen LogP contribution in [0.25, 0.3) is 0 Å². The molecule has 0 atom stereocenters. The van der Waals surface area contributed by atoms with Gasteiger partial charge in [-0.15, -0.1) is 0 Å². The highest BCUT2D eigenvalue weighted by Gasteiger charge is 2.10. The maximum atomic E-state index is 13.5. The van der Waals surface area contributed by atoms with Crippen LogP contribution in [0.2, 0.25) is 0 Å². The molecule has 0 heterocycles. The van der Waals surface area contributed by atoms with E-state index in [9.17, 15) is 4.39 Å². The predicted molar refractivity (Wildman–Crippen MR) is 79.3 cm³/mol. The third-order valence-electron chi connectivity index (χ3n) is 3.25. The molecule has 0 bridgehead atoms. The molecule has 3 heteroatoms. The van der Waals surface area contributed by atoms with Gasteiger partial charge in [-0.25, -0.2) is 4.39 Å². The van der Waals surface area contributed by atoms with Crippen molar-refractivity contribution in [2.45, 2.75) is 19.8 Å². The van der Waals surface area contributed by atoms with Crippen LogP contribution in [-0.4, -0.2) is 7.05 Å². The molecule has 0 fully saturated rings. The zero-order chi connectivity index (χ0) is 13.8. The van der Waals surface area contributed by atoms with E-state index in [4.69, 9.17) is 5.73 Å². The molecule has 0 spiro atoms. The summed E-state index contributed by atoms with van der Waals surface area (Å²) >= 11 is 0. The maximum Gasteiger partial charge on any atom is 0.148 e. The number of aryl methyl sites for hydroxylation is 1. The number of nitrogens with zero attached hydrogens (tertiary/aromatic N) is 1. The molecule has 2 N–H and O–H groups in total. The molecular weight excluding hydrogens is 239 g/mol. The van der Waals surface area contributed by atoms with E-state index in [-0.39, 0.29) is 11.5 Å². The number of para-hydroxylation sites is 1. The summed E-state index contributed by atoms with van der Waals surface area (Å²) in [6.45, 7) is 2.16. The highest BCUT2D eigenvalue weighted by Crippen LogP contribution is 2.30. The Balaban J connectivity index is 2.28. The highest BCUT2D eigenvalue weighted by atomic mass is 19.1. The summed E-state index contributed by atoms with van der Waals surface area (Å²) in [7, 11) is 1.89. The van der Waals surface area contributed by atoms with Crippen LogP contribution < -0.4 is 10.6 Å². The predicted octanol–water partition coefficient (Wildman–Crippen LogP) is 4.13. The van der Waals surface area contributed by atoms with Crippen LogP contribution in [0.15, 0.2) is 42.5 Å². The van der Waals surface area contributed by atoms with Crippen molar-refractivity contribution in [2.75, 3.05) is 17.7 Å². The fraction of sp³-hybridized carbons (Fsp3) is 0.250. The van der Waals surface area contributed by atoms with E-state index in [2.05, 4.69) is 19.1 Å². The monoisotopic (exact) mass is 258 g/mol. The fourth-order valence-corrected chi connectivity index (χ4v) is 2.13. The summed E-state index contributed by atoms with van der Waals surface area (Å²) in [5.41, 5.74) is 8.96. The Morgan fingerprint density at radius 2 is 1.79 bits per heavy atom. The first kappa shape index (κ1) is 13.4. The average molecular weight is 258 g/mol. The smallest absolute Gasteiger partial charge is 0.148 e. The molecule has 100 valence electrons. The van der Waals surface area contributed by atoms with E-state index in [1.165, 1.54) is 11.6 Å². The molecule has 0 saturated carbocycles. The Labute approximate surface area is 113 Å². The fourth-order valence-electron chi connectivity index (χ4n) is 2.13. The van der Waals surface area contributed by atoms with Crippen molar-refractivity contribution in [1.82, 2.24) is 0 Å². The van der Waals surface area contributed by atoms with Crippen molar-refractivity contribution in [1.29, 1.82) is 0 Å². The molecule has 19 heavy (non-hydrogen) atoms. The molecule has 0 saturated heterocycles. The van der Waals surface area contributed by atoms with Crippen LogP contribution in [0.5, 0.6) is 0 Å². The van der Waals surface area contributed by atoms with Gasteiger partial charge in [0.2, 0.25) is 0 Å². The van der Waals surface area contributed by atoms with E-state index in [1.807, 2.05) is 30.1 Å². The minimum Gasteiger partial charge on any atom is -0.395 e. The summed E-state index contributed by atoms with van der Waals surface area (Å²) in [6.07, 6.45) is 2.21. The summed E-state index contributed by atoms with van der Waals surface area (Å²) in [5, 5.41) is 0. The number of rotatable bonds is 4. The third-order valence-corrected chi connectivity index (χ3v) is 3.25. The first-order valence-electron chi connectivity index (χ1n) is 6.50. The van der Waals surface area contributed by atoms with Gasteiger partial charge in [0.15, 0.2) is 0 Å². The van der Waals surface area contributed by atoms with Crippen molar-refractivity contribution < 1.29 is 4.39 Å². The minimum absolute atomic E-state index is 0.183. The summed E-state index contributed by atoms with van der Waals surface area (Å²) < 4.78 is 13.5. The zero-order valence-electron chi connectivity index (χ0n) is 11.4. The quantitative estimate of drug-likeness (QED) is 0.835. The van der Waals surface area contributed by atoms with Gasteiger partial charge in [-0.05, 0) is 36.2 Å². The number of nitrogens with two attached hydrogens (primary N) is 1. The Bertz CT molecular complexity index is 549. The Morgan fingerprint density at radius 3 is 2.42 bits per heavy atom. The van der Waals surface area contributed by atoms with Crippen molar-refractivity contribution in [3.8, 4) is 0 Å². The van der Waals surface area contributed by atoms with Crippen LogP contribution in [-0.2, 0) is 6.42 Å². The molecule has 0 aliphatic rings.